The lowest BCUT2D eigenvalue weighted by atomic mass is 10.2. The first-order chi connectivity index (χ1) is 7.11. The van der Waals surface area contributed by atoms with Crippen molar-refractivity contribution >= 4 is 34.4 Å². The van der Waals surface area contributed by atoms with E-state index in [2.05, 4.69) is 32.1 Å². The van der Waals surface area contributed by atoms with Gasteiger partial charge in [0.25, 0.3) is 0 Å². The van der Waals surface area contributed by atoms with Gasteiger partial charge in [-0.25, -0.2) is 14.2 Å². The topological polar surface area (TPSA) is 44.1 Å². The van der Waals surface area contributed by atoms with E-state index in [9.17, 15) is 9.32 Å². The normalized spacial score (nSPS) is 10.0. The van der Waals surface area contributed by atoms with E-state index in [-0.39, 0.29) is 5.69 Å². The van der Waals surface area contributed by atoms with E-state index >= 15 is 0 Å². The van der Waals surface area contributed by atoms with Gasteiger partial charge in [0.15, 0.2) is 5.69 Å². The maximum absolute atomic E-state index is 11.6. The van der Waals surface area contributed by atoms with Gasteiger partial charge in [0.2, 0.25) is 0 Å². The van der Waals surface area contributed by atoms with Crippen LogP contribution in [0.5, 0.6) is 0 Å². The summed E-state index contributed by atoms with van der Waals surface area (Å²) in [5.41, 5.74) is 1.56. The molecule has 0 saturated carbocycles. The number of halogens is 2. The monoisotopic (exact) mass is 346 g/mol. The molecule has 4 nitrogen and oxygen atoms in total. The fourth-order valence-corrected chi connectivity index (χ4v) is 2.73. The predicted octanol–water partition coefficient (Wildman–Crippen LogP) is 3.36. The van der Waals surface area contributed by atoms with Crippen LogP contribution >= 0.6 is 28.4 Å². The van der Waals surface area contributed by atoms with E-state index in [0.717, 1.165) is 5.69 Å². The van der Waals surface area contributed by atoms with Crippen molar-refractivity contribution in [3.05, 3.63) is 17.0 Å². The minimum atomic E-state index is -1.03. The van der Waals surface area contributed by atoms with Gasteiger partial charge in [-0.1, -0.05) is 13.8 Å². The SMILES string of the molecule is CC.Cc1c(C(=O)OF)nn(PI)c1C. The van der Waals surface area contributed by atoms with Crippen molar-refractivity contribution in [2.24, 2.45) is 0 Å². The first kappa shape index (κ1) is 14.8. The van der Waals surface area contributed by atoms with Gasteiger partial charge in [0.05, 0.1) is 6.37 Å². The maximum Gasteiger partial charge on any atom is 0.399 e. The maximum atomic E-state index is 11.6. The van der Waals surface area contributed by atoms with Crippen molar-refractivity contribution in [3.8, 4) is 0 Å². The van der Waals surface area contributed by atoms with E-state index in [0.29, 0.717) is 11.9 Å². The van der Waals surface area contributed by atoms with Crippen molar-refractivity contribution in [2.45, 2.75) is 27.7 Å². The Kier molecular flexibility index (Phi) is 7.00. The highest BCUT2D eigenvalue weighted by Crippen LogP contribution is 2.27. The quantitative estimate of drug-likeness (QED) is 0.609. The number of rotatable bonds is 2. The molecule has 0 aromatic carbocycles. The Bertz CT molecular complexity index is 344. The molecular formula is C8H13FIN2O2P. The fourth-order valence-electron chi connectivity index (χ4n) is 0.893. The lowest BCUT2D eigenvalue weighted by molar-refractivity contribution is -0.0794. The summed E-state index contributed by atoms with van der Waals surface area (Å²) >= 11 is 2.13. The van der Waals surface area contributed by atoms with Gasteiger partial charge >= 0.3 is 5.97 Å². The second kappa shape index (κ2) is 7.11. The van der Waals surface area contributed by atoms with Crippen molar-refractivity contribution in [1.29, 1.82) is 0 Å². The summed E-state index contributed by atoms with van der Waals surface area (Å²) in [6.07, 6.45) is 0.386. The number of aromatic nitrogens is 2. The molecule has 1 rings (SSSR count). The number of nitrogens with zero attached hydrogens (tertiary/aromatic N) is 2. The summed E-state index contributed by atoms with van der Waals surface area (Å²) in [4.78, 5) is 14.0. The molecule has 1 unspecified atom stereocenters. The van der Waals surface area contributed by atoms with Crippen LogP contribution in [-0.4, -0.2) is 15.5 Å². The minimum Gasteiger partial charge on any atom is -0.247 e. The molecule has 1 aromatic rings. The molecule has 0 amide bonds. The van der Waals surface area contributed by atoms with Crippen LogP contribution in [0.25, 0.3) is 0 Å². The summed E-state index contributed by atoms with van der Waals surface area (Å²) in [5, 5.41) is 3.91. The van der Waals surface area contributed by atoms with Crippen LogP contribution in [-0.2, 0) is 4.94 Å². The van der Waals surface area contributed by atoms with Crippen LogP contribution in [0.1, 0.15) is 35.6 Å². The number of hydrogen-bond acceptors (Lipinski definition) is 3. The fraction of sp³-hybridized carbons (Fsp3) is 0.500. The Morgan fingerprint density at radius 2 is 2.07 bits per heavy atom. The molecule has 0 spiro atoms. The molecule has 0 aliphatic heterocycles. The van der Waals surface area contributed by atoms with E-state index < -0.39 is 5.97 Å². The van der Waals surface area contributed by atoms with Crippen molar-refractivity contribution in [3.63, 3.8) is 0 Å². The second-order valence-corrected chi connectivity index (χ2v) is 4.46. The van der Waals surface area contributed by atoms with Gasteiger partial charge in [-0.05, 0) is 35.9 Å². The number of carbonyl (C=O) groups is 1. The zero-order chi connectivity index (χ0) is 12.0. The molecule has 0 saturated heterocycles. The van der Waals surface area contributed by atoms with Crippen molar-refractivity contribution in [1.82, 2.24) is 9.55 Å². The summed E-state index contributed by atoms with van der Waals surface area (Å²) in [6, 6.07) is 0. The molecule has 0 fully saturated rings. The van der Waals surface area contributed by atoms with Crippen LogP contribution in [0.3, 0.4) is 0 Å². The van der Waals surface area contributed by atoms with Crippen LogP contribution in [0.4, 0.5) is 4.53 Å². The van der Waals surface area contributed by atoms with Gasteiger partial charge in [-0.2, -0.15) is 5.10 Å². The molecule has 0 bridgehead atoms. The molecule has 1 atom stereocenters. The highest BCUT2D eigenvalue weighted by atomic mass is 127. The molecule has 0 radical (unpaired) electrons. The molecule has 0 aliphatic carbocycles. The lowest BCUT2D eigenvalue weighted by Crippen LogP contribution is -2.01. The Morgan fingerprint density at radius 1 is 1.53 bits per heavy atom. The van der Waals surface area contributed by atoms with Gasteiger partial charge in [-0.3, -0.25) is 0 Å². The van der Waals surface area contributed by atoms with Crippen LogP contribution in [0, 0.1) is 13.8 Å². The van der Waals surface area contributed by atoms with Gasteiger partial charge < -0.3 is 0 Å². The molecule has 0 N–H and O–H groups in total. The molecular weight excluding hydrogens is 333 g/mol. The van der Waals surface area contributed by atoms with Gasteiger partial charge in [-0.15, -0.1) is 0 Å². The van der Waals surface area contributed by atoms with E-state index in [1.54, 1.807) is 11.4 Å². The number of hydrogen-bond donors (Lipinski definition) is 0. The summed E-state index contributed by atoms with van der Waals surface area (Å²) < 4.78 is 13.2. The zero-order valence-corrected chi connectivity index (χ0v) is 12.1. The molecule has 1 heterocycles. The number of carbonyl (C=O) groups excluding carboxylic acids is 1. The minimum absolute atomic E-state index is 0.0455. The smallest absolute Gasteiger partial charge is 0.247 e. The summed E-state index contributed by atoms with van der Waals surface area (Å²) in [6.45, 7) is 7.53. The van der Waals surface area contributed by atoms with Gasteiger partial charge in [0.1, 0.15) is 0 Å². The van der Waals surface area contributed by atoms with E-state index in [1.807, 2.05) is 20.8 Å². The van der Waals surface area contributed by atoms with E-state index in [4.69, 9.17) is 0 Å². The average Bonchev–Trinajstić information content (AvgIpc) is 2.58. The Hall–Kier alpha value is -0.230. The highest BCUT2D eigenvalue weighted by molar-refractivity contribution is 14.2. The van der Waals surface area contributed by atoms with Crippen LogP contribution in [0.15, 0.2) is 0 Å². The van der Waals surface area contributed by atoms with Crippen molar-refractivity contribution in [2.75, 3.05) is 0 Å². The first-order valence-electron chi connectivity index (χ1n) is 4.37. The Balaban J connectivity index is 0.000000921. The largest absolute Gasteiger partial charge is 0.399 e. The second-order valence-electron chi connectivity index (χ2n) is 2.42. The molecule has 15 heavy (non-hydrogen) atoms. The Morgan fingerprint density at radius 3 is 2.40 bits per heavy atom. The zero-order valence-electron chi connectivity index (χ0n) is 8.97. The van der Waals surface area contributed by atoms with Crippen LogP contribution < -0.4 is 0 Å². The van der Waals surface area contributed by atoms with Crippen molar-refractivity contribution < 1.29 is 14.3 Å². The molecule has 0 aliphatic rings. The Labute approximate surface area is 103 Å². The summed E-state index contributed by atoms with van der Waals surface area (Å²) in [5.74, 6) is -1.03. The summed E-state index contributed by atoms with van der Waals surface area (Å²) in [7, 11) is 0. The third kappa shape index (κ3) is 3.38. The highest BCUT2D eigenvalue weighted by Gasteiger charge is 2.19. The molecule has 86 valence electrons. The van der Waals surface area contributed by atoms with Crippen LogP contribution in [0.2, 0.25) is 0 Å². The lowest BCUT2D eigenvalue weighted by Gasteiger charge is -1.95. The third-order valence-electron chi connectivity index (χ3n) is 1.76. The standard InChI is InChI=1S/C6H7FIN2O2P.C2H6/c1-3-4(2)10(13-8)9-5(3)6(11)12-7;1-2/h13H,1-2H3;1-2H3. The molecule has 1 aromatic heterocycles. The average molecular weight is 346 g/mol. The predicted molar refractivity (Wildman–Crippen MR) is 67.3 cm³/mol. The molecule has 7 heteroatoms. The first-order valence-corrected chi connectivity index (χ1v) is 8.43. The van der Waals surface area contributed by atoms with Gasteiger partial charge in [0, 0.05) is 15.8 Å². The van der Waals surface area contributed by atoms with E-state index in [1.165, 1.54) is 0 Å². The third-order valence-corrected chi connectivity index (χ3v) is 3.73.